The molecule has 0 radical (unpaired) electrons. The van der Waals surface area contributed by atoms with Crippen LogP contribution in [0.15, 0.2) is 0 Å². The number of amides is 1. The van der Waals surface area contributed by atoms with E-state index < -0.39 is 17.1 Å². The van der Waals surface area contributed by atoms with E-state index in [0.29, 0.717) is 0 Å². The zero-order valence-electron chi connectivity index (χ0n) is 6.60. The number of ether oxygens (including phenoxy) is 1. The molecule has 11 heavy (non-hydrogen) atoms. The van der Waals surface area contributed by atoms with Crippen molar-refractivity contribution < 1.29 is 13.7 Å². The molecule has 0 spiro atoms. The van der Waals surface area contributed by atoms with E-state index in [1.54, 1.807) is 13.8 Å². The SMILES string of the molecule is COC(=O)N(S)S(=O)C(C)C. The number of carbonyl (C=O) groups is 1. The third-order valence-electron chi connectivity index (χ3n) is 0.905. The maximum Gasteiger partial charge on any atom is 0.431 e. The van der Waals surface area contributed by atoms with Crippen LogP contribution in [-0.2, 0) is 15.7 Å². The third kappa shape index (κ3) is 3.11. The quantitative estimate of drug-likeness (QED) is 0.671. The minimum absolute atomic E-state index is 0.147. The highest BCUT2D eigenvalue weighted by Crippen LogP contribution is 2.06. The van der Waals surface area contributed by atoms with Crippen molar-refractivity contribution in [3.8, 4) is 0 Å². The molecule has 0 N–H and O–H groups in total. The molecule has 0 bridgehead atoms. The van der Waals surface area contributed by atoms with Gasteiger partial charge in [-0.15, -0.1) is 0 Å². The second-order valence-corrected chi connectivity index (χ2v) is 4.60. The summed E-state index contributed by atoms with van der Waals surface area (Å²) in [5, 5.41) is -0.147. The van der Waals surface area contributed by atoms with Gasteiger partial charge >= 0.3 is 6.09 Å². The van der Waals surface area contributed by atoms with Crippen LogP contribution < -0.4 is 0 Å². The second-order valence-electron chi connectivity index (χ2n) is 2.07. The lowest BCUT2D eigenvalue weighted by Gasteiger charge is -2.14. The second kappa shape index (κ2) is 4.61. The first-order valence-corrected chi connectivity index (χ1v) is 4.55. The first-order chi connectivity index (χ1) is 5.00. The van der Waals surface area contributed by atoms with Gasteiger partial charge in [-0.3, -0.25) is 0 Å². The Morgan fingerprint density at radius 1 is 1.64 bits per heavy atom. The summed E-state index contributed by atoms with van der Waals surface area (Å²) in [6.07, 6.45) is -0.708. The molecular formula is C5H11NO3S2. The van der Waals surface area contributed by atoms with Crippen molar-refractivity contribution in [3.05, 3.63) is 0 Å². The summed E-state index contributed by atoms with van der Waals surface area (Å²) in [6, 6.07) is 0. The van der Waals surface area contributed by atoms with E-state index in [-0.39, 0.29) is 5.25 Å². The van der Waals surface area contributed by atoms with Crippen LogP contribution in [0.3, 0.4) is 0 Å². The van der Waals surface area contributed by atoms with E-state index in [1.165, 1.54) is 7.11 Å². The van der Waals surface area contributed by atoms with Crippen LogP contribution in [0.5, 0.6) is 0 Å². The molecule has 4 nitrogen and oxygen atoms in total. The van der Waals surface area contributed by atoms with Gasteiger partial charge in [0, 0.05) is 5.25 Å². The van der Waals surface area contributed by atoms with E-state index in [1.807, 2.05) is 0 Å². The Morgan fingerprint density at radius 2 is 2.09 bits per heavy atom. The van der Waals surface area contributed by atoms with Crippen LogP contribution >= 0.6 is 12.8 Å². The molecule has 0 saturated carbocycles. The van der Waals surface area contributed by atoms with Crippen LogP contribution in [-0.4, -0.2) is 26.4 Å². The normalized spacial score (nSPS) is 12.8. The monoisotopic (exact) mass is 197 g/mol. The molecule has 0 aliphatic rings. The molecular weight excluding hydrogens is 186 g/mol. The van der Waals surface area contributed by atoms with E-state index in [9.17, 15) is 9.00 Å². The molecule has 0 heterocycles. The smallest absolute Gasteiger partial charge is 0.431 e. The van der Waals surface area contributed by atoms with E-state index in [4.69, 9.17) is 0 Å². The van der Waals surface area contributed by atoms with Crippen molar-refractivity contribution in [2.75, 3.05) is 7.11 Å². The molecule has 0 aliphatic heterocycles. The lowest BCUT2D eigenvalue weighted by molar-refractivity contribution is 0.166. The summed E-state index contributed by atoms with van der Waals surface area (Å²) in [5.41, 5.74) is 0. The number of hydrogen-bond acceptors (Lipinski definition) is 4. The largest absolute Gasteiger partial charge is 0.451 e. The zero-order chi connectivity index (χ0) is 9.02. The highest BCUT2D eigenvalue weighted by molar-refractivity contribution is 7.97. The molecule has 0 rings (SSSR count). The Labute approximate surface area is 74.0 Å². The van der Waals surface area contributed by atoms with E-state index in [2.05, 4.69) is 17.6 Å². The Bertz CT molecular complexity index is 171. The van der Waals surface area contributed by atoms with Gasteiger partial charge in [-0.25, -0.2) is 9.00 Å². The number of methoxy groups -OCH3 is 1. The summed E-state index contributed by atoms with van der Waals surface area (Å²) in [6.45, 7) is 3.45. The fraction of sp³-hybridized carbons (Fsp3) is 0.800. The predicted octanol–water partition coefficient (Wildman–Crippen LogP) is 0.972. The van der Waals surface area contributed by atoms with Gasteiger partial charge in [-0.2, -0.15) is 3.71 Å². The lowest BCUT2D eigenvalue weighted by atomic mass is 10.6. The topological polar surface area (TPSA) is 46.6 Å². The minimum Gasteiger partial charge on any atom is -0.451 e. The summed E-state index contributed by atoms with van der Waals surface area (Å²) < 4.78 is 16.2. The molecule has 1 atom stereocenters. The fourth-order valence-corrected chi connectivity index (χ4v) is 1.62. The van der Waals surface area contributed by atoms with Crippen molar-refractivity contribution in [2.24, 2.45) is 0 Å². The van der Waals surface area contributed by atoms with Gasteiger partial charge in [-0.05, 0) is 26.7 Å². The van der Waals surface area contributed by atoms with E-state index in [0.717, 1.165) is 3.71 Å². The number of nitrogens with zero attached hydrogens (tertiary/aromatic N) is 1. The minimum atomic E-state index is -1.42. The molecule has 0 saturated heterocycles. The summed E-state index contributed by atoms with van der Waals surface area (Å²) in [5.74, 6) is 0. The van der Waals surface area contributed by atoms with Gasteiger partial charge < -0.3 is 4.74 Å². The first kappa shape index (κ1) is 10.8. The molecule has 6 heteroatoms. The predicted molar refractivity (Wildman–Crippen MR) is 46.5 cm³/mol. The summed E-state index contributed by atoms with van der Waals surface area (Å²) in [4.78, 5) is 10.7. The molecule has 1 unspecified atom stereocenters. The van der Waals surface area contributed by atoms with Crippen molar-refractivity contribution in [3.63, 3.8) is 0 Å². The van der Waals surface area contributed by atoms with Crippen LogP contribution in [0.2, 0.25) is 0 Å². The molecule has 0 aliphatic carbocycles. The average molecular weight is 197 g/mol. The van der Waals surface area contributed by atoms with Gasteiger partial charge in [0.25, 0.3) is 0 Å². The van der Waals surface area contributed by atoms with Crippen molar-refractivity contribution in [2.45, 2.75) is 19.1 Å². The van der Waals surface area contributed by atoms with Crippen LogP contribution in [0.1, 0.15) is 13.8 Å². The Kier molecular flexibility index (Phi) is 4.51. The maximum absolute atomic E-state index is 11.1. The van der Waals surface area contributed by atoms with Crippen LogP contribution in [0.4, 0.5) is 4.79 Å². The summed E-state index contributed by atoms with van der Waals surface area (Å²) >= 11 is 3.70. The average Bonchev–Trinajstić information content (AvgIpc) is 2.00. The number of rotatable bonds is 2. The zero-order valence-corrected chi connectivity index (χ0v) is 8.32. The molecule has 0 aromatic heterocycles. The number of hydrogen-bond donors (Lipinski definition) is 1. The van der Waals surface area contributed by atoms with Gasteiger partial charge in [0.1, 0.15) is 11.0 Å². The van der Waals surface area contributed by atoms with Gasteiger partial charge in [0.05, 0.1) is 7.11 Å². The molecule has 0 aromatic carbocycles. The molecule has 66 valence electrons. The first-order valence-electron chi connectivity index (χ1n) is 2.98. The van der Waals surface area contributed by atoms with Gasteiger partial charge in [-0.1, -0.05) is 0 Å². The standard InChI is InChI=1S/C5H11NO3S2/c1-4(2)11(8)6(10)5(7)9-3/h4,10H,1-3H3. The highest BCUT2D eigenvalue weighted by atomic mass is 32.2. The molecule has 0 aromatic rings. The lowest BCUT2D eigenvalue weighted by Crippen LogP contribution is -2.28. The summed E-state index contributed by atoms with van der Waals surface area (Å²) in [7, 11) is -0.212. The third-order valence-corrected chi connectivity index (χ3v) is 2.85. The Morgan fingerprint density at radius 3 is 2.36 bits per heavy atom. The molecule has 1 amide bonds. The van der Waals surface area contributed by atoms with Crippen molar-refractivity contribution in [1.29, 1.82) is 0 Å². The van der Waals surface area contributed by atoms with Crippen LogP contribution in [0, 0.1) is 0 Å². The number of carbonyl (C=O) groups excluding carboxylic acids is 1. The van der Waals surface area contributed by atoms with Gasteiger partial charge in [0.2, 0.25) is 0 Å². The Balaban J connectivity index is 4.13. The number of thiol groups is 1. The van der Waals surface area contributed by atoms with Crippen LogP contribution in [0.25, 0.3) is 0 Å². The fourth-order valence-electron chi connectivity index (χ4n) is 0.351. The van der Waals surface area contributed by atoms with Crippen molar-refractivity contribution >= 4 is 29.9 Å². The maximum atomic E-state index is 11.1. The van der Waals surface area contributed by atoms with Crippen molar-refractivity contribution in [1.82, 2.24) is 3.71 Å². The Hall–Kier alpha value is -0.230. The van der Waals surface area contributed by atoms with E-state index >= 15 is 0 Å². The van der Waals surface area contributed by atoms with Gasteiger partial charge in [0.15, 0.2) is 0 Å². The highest BCUT2D eigenvalue weighted by Gasteiger charge is 2.19. The molecule has 0 fully saturated rings.